The molecule has 0 rings (SSSR count). The highest BCUT2D eigenvalue weighted by molar-refractivity contribution is 5.84. The topological polar surface area (TPSA) is 38.3 Å². The molecule has 23 heavy (non-hydrogen) atoms. The maximum Gasteiger partial charge on any atom is 0.462 e. The van der Waals surface area contributed by atoms with E-state index in [1.807, 2.05) is 4.74 Å². The van der Waals surface area contributed by atoms with Gasteiger partial charge in [0.1, 0.15) is 0 Å². The molecule has 1 atom stereocenters. The number of amides is 1. The van der Waals surface area contributed by atoms with Crippen molar-refractivity contribution >= 4 is 5.91 Å². The SMILES string of the molecule is C=CCNC(=O)[C@@](F)(OC(F)(F)C(F)(F)C(F)(F)F)C(F)(F)F. The fourth-order valence-corrected chi connectivity index (χ4v) is 0.917. The van der Waals surface area contributed by atoms with Gasteiger partial charge in [-0.1, -0.05) is 6.08 Å². The molecule has 14 heteroatoms. The van der Waals surface area contributed by atoms with E-state index in [1.54, 1.807) is 0 Å². The second kappa shape index (κ2) is 6.13. The van der Waals surface area contributed by atoms with Gasteiger partial charge in [-0.2, -0.15) is 48.3 Å². The number of halogens is 11. The van der Waals surface area contributed by atoms with Gasteiger partial charge in [0.25, 0.3) is 5.91 Å². The van der Waals surface area contributed by atoms with E-state index in [0.29, 0.717) is 6.08 Å². The molecule has 0 aliphatic rings. The molecule has 0 aromatic rings. The van der Waals surface area contributed by atoms with Crippen LogP contribution in [0.4, 0.5) is 48.3 Å². The Morgan fingerprint density at radius 3 is 1.65 bits per heavy atom. The van der Waals surface area contributed by atoms with E-state index in [2.05, 4.69) is 6.58 Å². The van der Waals surface area contributed by atoms with Gasteiger partial charge in [-0.25, -0.2) is 0 Å². The molecule has 0 aliphatic carbocycles. The predicted octanol–water partition coefficient (Wildman–Crippen LogP) is 3.32. The molecule has 0 aliphatic heterocycles. The minimum absolute atomic E-state index is 0.636. The van der Waals surface area contributed by atoms with Crippen LogP contribution in [0.25, 0.3) is 0 Å². The third-order valence-electron chi connectivity index (χ3n) is 2.05. The zero-order chi connectivity index (χ0) is 18.9. The molecule has 1 amide bonds. The minimum Gasteiger partial charge on any atom is -0.347 e. The third-order valence-corrected chi connectivity index (χ3v) is 2.05. The van der Waals surface area contributed by atoms with Crippen LogP contribution in [-0.4, -0.2) is 42.7 Å². The molecule has 1 N–H and O–H groups in total. The van der Waals surface area contributed by atoms with Crippen molar-refractivity contribution < 1.29 is 57.8 Å². The lowest BCUT2D eigenvalue weighted by Crippen LogP contribution is -2.63. The van der Waals surface area contributed by atoms with Crippen molar-refractivity contribution in [2.75, 3.05) is 6.54 Å². The number of ether oxygens (including phenoxy) is 1. The van der Waals surface area contributed by atoms with Gasteiger partial charge in [-0.05, 0) is 0 Å². The Balaban J connectivity index is 5.82. The summed E-state index contributed by atoms with van der Waals surface area (Å²) in [7, 11) is 0. The Hall–Kier alpha value is -1.60. The summed E-state index contributed by atoms with van der Waals surface area (Å²) in [4.78, 5) is 10.9. The van der Waals surface area contributed by atoms with Crippen molar-refractivity contribution in [2.45, 2.75) is 30.2 Å². The van der Waals surface area contributed by atoms with Crippen LogP contribution in [0.5, 0.6) is 0 Å². The lowest BCUT2D eigenvalue weighted by atomic mass is 10.2. The monoisotopic (exact) mass is 369 g/mol. The second-order valence-corrected chi connectivity index (χ2v) is 3.78. The van der Waals surface area contributed by atoms with Gasteiger partial charge in [0.2, 0.25) is 0 Å². The first kappa shape index (κ1) is 21.4. The minimum atomic E-state index is -7.21. The molecule has 0 heterocycles. The highest BCUT2D eigenvalue weighted by Crippen LogP contribution is 2.50. The van der Waals surface area contributed by atoms with Gasteiger partial charge in [0.15, 0.2) is 0 Å². The van der Waals surface area contributed by atoms with E-state index in [1.165, 1.54) is 0 Å². The van der Waals surface area contributed by atoms with E-state index in [9.17, 15) is 53.1 Å². The number of carbonyl (C=O) groups is 1. The van der Waals surface area contributed by atoms with Gasteiger partial charge in [-0.3, -0.25) is 9.53 Å². The normalized spacial score (nSPS) is 16.7. The van der Waals surface area contributed by atoms with Crippen LogP contribution in [0.15, 0.2) is 12.7 Å². The van der Waals surface area contributed by atoms with Crippen LogP contribution in [-0.2, 0) is 9.53 Å². The van der Waals surface area contributed by atoms with Crippen LogP contribution in [0, 0.1) is 0 Å². The van der Waals surface area contributed by atoms with E-state index in [0.717, 1.165) is 5.32 Å². The Morgan fingerprint density at radius 2 is 1.35 bits per heavy atom. The van der Waals surface area contributed by atoms with Gasteiger partial charge in [-0.15, -0.1) is 6.58 Å². The Morgan fingerprint density at radius 1 is 0.913 bits per heavy atom. The molecule has 0 saturated heterocycles. The molecule has 0 aromatic heterocycles. The summed E-state index contributed by atoms with van der Waals surface area (Å²) >= 11 is 0. The lowest BCUT2D eigenvalue weighted by Gasteiger charge is -2.34. The van der Waals surface area contributed by atoms with Crippen LogP contribution in [0.1, 0.15) is 0 Å². The number of nitrogens with one attached hydrogen (secondary N) is 1. The summed E-state index contributed by atoms with van der Waals surface area (Å²) in [5.41, 5.74) is 0. The van der Waals surface area contributed by atoms with E-state index in [-0.39, 0.29) is 0 Å². The Bertz CT molecular complexity index is 455. The molecular weight excluding hydrogens is 363 g/mol. The van der Waals surface area contributed by atoms with Gasteiger partial charge in [0.05, 0.1) is 0 Å². The largest absolute Gasteiger partial charge is 0.462 e. The van der Waals surface area contributed by atoms with Gasteiger partial charge in [0, 0.05) is 6.54 Å². The summed E-state index contributed by atoms with van der Waals surface area (Å²) in [6, 6.07) is 0. The van der Waals surface area contributed by atoms with Crippen molar-refractivity contribution in [1.29, 1.82) is 0 Å². The van der Waals surface area contributed by atoms with Crippen LogP contribution >= 0.6 is 0 Å². The summed E-state index contributed by atoms with van der Waals surface area (Å²) in [5.74, 6) is -16.4. The first-order valence-electron chi connectivity index (χ1n) is 5.11. The quantitative estimate of drug-likeness (QED) is 0.576. The zero-order valence-electron chi connectivity index (χ0n) is 10.5. The van der Waals surface area contributed by atoms with Gasteiger partial charge >= 0.3 is 30.2 Å². The smallest absolute Gasteiger partial charge is 0.347 e. The van der Waals surface area contributed by atoms with E-state index in [4.69, 9.17) is 0 Å². The molecule has 0 radical (unpaired) electrons. The summed E-state index contributed by atoms with van der Waals surface area (Å²) in [6.07, 6.45) is -20.2. The van der Waals surface area contributed by atoms with Crippen molar-refractivity contribution in [3.05, 3.63) is 12.7 Å². The summed E-state index contributed by atoms with van der Waals surface area (Å²) in [5, 5.41) is 0.956. The Labute approximate surface area is 120 Å². The predicted molar refractivity (Wildman–Crippen MR) is 50.1 cm³/mol. The number of alkyl halides is 11. The average molecular weight is 369 g/mol. The molecule has 0 fully saturated rings. The third kappa shape index (κ3) is 4.03. The van der Waals surface area contributed by atoms with Crippen molar-refractivity contribution in [2.24, 2.45) is 0 Å². The standard InChI is InChI=1S/C9H6F11NO2/c1-2-3-21-4(22)5(10,7(13,14)15)23-9(19,20)6(11,12)8(16,17)18/h2H,1,3H2,(H,21,22)/t5-/m1/s1. The summed E-state index contributed by atoms with van der Waals surface area (Å²) < 4.78 is 138. The first-order chi connectivity index (χ1) is 9.94. The van der Waals surface area contributed by atoms with Crippen LogP contribution < -0.4 is 5.32 Å². The van der Waals surface area contributed by atoms with Crippen LogP contribution in [0.2, 0.25) is 0 Å². The molecule has 0 bridgehead atoms. The molecule has 0 unspecified atom stereocenters. The number of rotatable bonds is 6. The van der Waals surface area contributed by atoms with Crippen molar-refractivity contribution in [3.8, 4) is 0 Å². The second-order valence-electron chi connectivity index (χ2n) is 3.78. The molecular formula is C9H6F11NO2. The van der Waals surface area contributed by atoms with Crippen molar-refractivity contribution in [1.82, 2.24) is 5.32 Å². The van der Waals surface area contributed by atoms with Crippen molar-refractivity contribution in [3.63, 3.8) is 0 Å². The summed E-state index contributed by atoms with van der Waals surface area (Å²) in [6.45, 7) is 1.89. The maximum absolute atomic E-state index is 13.5. The molecule has 3 nitrogen and oxygen atoms in total. The van der Waals surface area contributed by atoms with Crippen LogP contribution in [0.3, 0.4) is 0 Å². The highest BCUT2D eigenvalue weighted by atomic mass is 19.4. The fraction of sp³-hybridized carbons (Fsp3) is 0.667. The molecule has 0 spiro atoms. The lowest BCUT2D eigenvalue weighted by molar-refractivity contribution is -0.472. The highest BCUT2D eigenvalue weighted by Gasteiger charge is 2.79. The molecule has 136 valence electrons. The number of hydrogen-bond donors (Lipinski definition) is 1. The fourth-order valence-electron chi connectivity index (χ4n) is 0.917. The van der Waals surface area contributed by atoms with Gasteiger partial charge < -0.3 is 5.32 Å². The maximum atomic E-state index is 13.5. The van der Waals surface area contributed by atoms with E-state index >= 15 is 0 Å². The number of carbonyl (C=O) groups excluding carboxylic acids is 1. The average Bonchev–Trinajstić information content (AvgIpc) is 2.32. The Kier molecular flexibility index (Phi) is 5.70. The molecule has 0 saturated carbocycles. The molecule has 0 aromatic carbocycles. The first-order valence-corrected chi connectivity index (χ1v) is 5.11. The number of hydrogen-bond acceptors (Lipinski definition) is 2. The zero-order valence-corrected chi connectivity index (χ0v) is 10.5. The van der Waals surface area contributed by atoms with E-state index < -0.39 is 42.7 Å².